The van der Waals surface area contributed by atoms with Crippen molar-refractivity contribution in [2.45, 2.75) is 6.54 Å². The summed E-state index contributed by atoms with van der Waals surface area (Å²) in [7, 11) is 1.58. The van der Waals surface area contributed by atoms with E-state index in [1.807, 2.05) is 6.07 Å². The number of ether oxygens (including phenoxy) is 1. The molecule has 2 aromatic heterocycles. The van der Waals surface area contributed by atoms with Crippen LogP contribution in [-0.4, -0.2) is 38.6 Å². The van der Waals surface area contributed by atoms with Gasteiger partial charge in [0.05, 0.1) is 49.1 Å². The topological polar surface area (TPSA) is 85.1 Å². The first kappa shape index (κ1) is 16.2. The van der Waals surface area contributed by atoms with E-state index in [-0.39, 0.29) is 6.61 Å². The smallest absolute Gasteiger partial charge is 0.227 e. The molecule has 3 aromatic rings. The highest BCUT2D eigenvalue weighted by Gasteiger charge is 2.12. The second kappa shape index (κ2) is 7.29. The Morgan fingerprint density at radius 3 is 3.08 bits per heavy atom. The molecule has 0 saturated carbocycles. The summed E-state index contributed by atoms with van der Waals surface area (Å²) in [5.41, 5.74) is 2.02. The number of anilines is 2. The summed E-state index contributed by atoms with van der Waals surface area (Å²) < 4.78 is 6.90. The minimum absolute atomic E-state index is 0.0102. The monoisotopic (exact) mass is 344 g/mol. The summed E-state index contributed by atoms with van der Waals surface area (Å²) in [5.74, 6) is 1.02. The van der Waals surface area contributed by atoms with Crippen LogP contribution in [0.4, 0.5) is 11.6 Å². The fraction of sp³-hybridized carbons (Fsp3) is 0.188. The zero-order valence-electron chi connectivity index (χ0n) is 12.9. The zero-order valence-corrected chi connectivity index (χ0v) is 13.7. The third kappa shape index (κ3) is 3.47. The molecule has 1 aromatic carbocycles. The van der Waals surface area contributed by atoms with Gasteiger partial charge >= 0.3 is 0 Å². The molecule has 0 spiro atoms. The van der Waals surface area contributed by atoms with Gasteiger partial charge in [-0.05, 0) is 18.2 Å². The molecule has 0 aliphatic rings. The fourth-order valence-electron chi connectivity index (χ4n) is 2.15. The number of hydrogen-bond acceptors (Lipinski definition) is 6. The Morgan fingerprint density at radius 2 is 2.29 bits per heavy atom. The van der Waals surface area contributed by atoms with Crippen LogP contribution in [0.3, 0.4) is 0 Å². The molecule has 0 amide bonds. The Balaban J connectivity index is 1.91. The molecule has 0 aliphatic heterocycles. The number of rotatable bonds is 6. The average Bonchev–Trinajstić information content (AvgIpc) is 3.06. The van der Waals surface area contributed by atoms with Gasteiger partial charge in [0.25, 0.3) is 0 Å². The Bertz CT molecular complexity index is 837. The van der Waals surface area contributed by atoms with Crippen molar-refractivity contribution in [1.82, 2.24) is 19.7 Å². The Kier molecular flexibility index (Phi) is 4.93. The van der Waals surface area contributed by atoms with Crippen LogP contribution < -0.4 is 10.1 Å². The van der Waals surface area contributed by atoms with Crippen LogP contribution in [0.25, 0.3) is 11.3 Å². The molecule has 0 aliphatic carbocycles. The predicted octanol–water partition coefficient (Wildman–Crippen LogP) is 2.54. The molecule has 0 unspecified atom stereocenters. The second-order valence-corrected chi connectivity index (χ2v) is 5.26. The lowest BCUT2D eigenvalue weighted by Crippen LogP contribution is -2.02. The number of nitrogens with one attached hydrogen (secondary N) is 1. The zero-order chi connectivity index (χ0) is 16.9. The molecule has 2 N–H and O–H groups in total. The summed E-state index contributed by atoms with van der Waals surface area (Å²) >= 11 is 6.21. The van der Waals surface area contributed by atoms with Crippen LogP contribution in [0.5, 0.6) is 5.75 Å². The number of aliphatic hydroxyl groups excluding tert-OH is 1. The number of aromatic nitrogens is 4. The maximum absolute atomic E-state index is 8.97. The van der Waals surface area contributed by atoms with Gasteiger partial charge in [-0.2, -0.15) is 5.10 Å². The van der Waals surface area contributed by atoms with Gasteiger partial charge < -0.3 is 15.2 Å². The number of methoxy groups -OCH3 is 1. The summed E-state index contributed by atoms with van der Waals surface area (Å²) in [6.45, 7) is 0.418. The summed E-state index contributed by atoms with van der Waals surface area (Å²) in [6.07, 6.45) is 4.94. The fourth-order valence-corrected chi connectivity index (χ4v) is 2.35. The van der Waals surface area contributed by atoms with E-state index in [1.165, 1.54) is 6.20 Å². The second-order valence-electron chi connectivity index (χ2n) is 4.86. The minimum atomic E-state index is 0.0102. The molecule has 0 saturated heterocycles. The van der Waals surface area contributed by atoms with Crippen LogP contribution in [-0.2, 0) is 6.54 Å². The van der Waals surface area contributed by atoms with E-state index in [4.69, 9.17) is 21.4 Å². The van der Waals surface area contributed by atoms with Crippen LogP contribution in [0.15, 0.2) is 36.8 Å². The van der Waals surface area contributed by atoms with Crippen molar-refractivity contribution in [3.8, 4) is 17.0 Å². The van der Waals surface area contributed by atoms with E-state index in [2.05, 4.69) is 26.4 Å². The highest BCUT2D eigenvalue weighted by atomic mass is 35.5. The standard InChI is InChI=1S/C16H15ClN5O2/c1-24-14-5-3-2-4-13(14)20-16-18-9-12(17)15(21-16)11-8-19-22(10-11)6-7-23/h2,4-5,8-10,23H,6-7H2,1H3,(H,18,20,21). The van der Waals surface area contributed by atoms with E-state index in [9.17, 15) is 0 Å². The molecule has 0 atom stereocenters. The third-order valence-electron chi connectivity index (χ3n) is 3.27. The van der Waals surface area contributed by atoms with Crippen molar-refractivity contribution in [3.05, 3.63) is 47.9 Å². The first-order valence-corrected chi connectivity index (χ1v) is 7.56. The minimum Gasteiger partial charge on any atom is -0.495 e. The SMILES string of the molecule is COc1c[c]ccc1Nc1ncc(Cl)c(-c2cnn(CCO)c2)n1. The van der Waals surface area contributed by atoms with Crippen molar-refractivity contribution in [2.75, 3.05) is 19.0 Å². The van der Waals surface area contributed by atoms with E-state index >= 15 is 0 Å². The van der Waals surface area contributed by atoms with Gasteiger partial charge in [-0.25, -0.2) is 9.97 Å². The molecule has 2 heterocycles. The Labute approximate surface area is 143 Å². The molecule has 0 fully saturated rings. The van der Waals surface area contributed by atoms with Gasteiger partial charge in [-0.15, -0.1) is 0 Å². The molecular formula is C16H15ClN5O2. The van der Waals surface area contributed by atoms with Crippen LogP contribution >= 0.6 is 11.6 Å². The normalized spacial score (nSPS) is 10.6. The van der Waals surface area contributed by atoms with E-state index < -0.39 is 0 Å². The Hall–Kier alpha value is -2.64. The van der Waals surface area contributed by atoms with Gasteiger partial charge in [0.2, 0.25) is 5.95 Å². The van der Waals surface area contributed by atoms with Gasteiger partial charge in [-0.1, -0.05) is 17.7 Å². The van der Waals surface area contributed by atoms with Gasteiger partial charge in [0.15, 0.2) is 0 Å². The van der Waals surface area contributed by atoms with E-state index in [1.54, 1.807) is 36.3 Å². The first-order chi connectivity index (χ1) is 11.7. The third-order valence-corrected chi connectivity index (χ3v) is 3.55. The van der Waals surface area contributed by atoms with Crippen molar-refractivity contribution < 1.29 is 9.84 Å². The highest BCUT2D eigenvalue weighted by molar-refractivity contribution is 6.32. The maximum atomic E-state index is 8.97. The number of nitrogens with zero attached hydrogens (tertiary/aromatic N) is 4. The quantitative estimate of drug-likeness (QED) is 0.714. The van der Waals surface area contributed by atoms with Crippen molar-refractivity contribution >= 4 is 23.2 Å². The summed E-state index contributed by atoms with van der Waals surface area (Å²) in [5, 5.41) is 16.6. The summed E-state index contributed by atoms with van der Waals surface area (Å²) in [4.78, 5) is 8.64. The molecule has 3 rings (SSSR count). The predicted molar refractivity (Wildman–Crippen MR) is 90.5 cm³/mol. The van der Waals surface area contributed by atoms with Crippen LogP contribution in [0, 0.1) is 6.07 Å². The molecule has 0 bridgehead atoms. The van der Waals surface area contributed by atoms with Gasteiger partial charge in [0, 0.05) is 11.8 Å². The Morgan fingerprint density at radius 1 is 1.42 bits per heavy atom. The summed E-state index contributed by atoms with van der Waals surface area (Å²) in [6, 6.07) is 8.24. The lowest BCUT2D eigenvalue weighted by atomic mass is 10.2. The van der Waals surface area contributed by atoms with E-state index in [0.717, 1.165) is 11.3 Å². The van der Waals surface area contributed by atoms with Crippen molar-refractivity contribution in [1.29, 1.82) is 0 Å². The number of benzene rings is 1. The molecule has 123 valence electrons. The van der Waals surface area contributed by atoms with Crippen LogP contribution in [0.1, 0.15) is 0 Å². The van der Waals surface area contributed by atoms with Crippen LogP contribution in [0.2, 0.25) is 5.02 Å². The highest BCUT2D eigenvalue weighted by Crippen LogP contribution is 2.29. The lowest BCUT2D eigenvalue weighted by molar-refractivity contribution is 0.269. The first-order valence-electron chi connectivity index (χ1n) is 7.18. The molecule has 24 heavy (non-hydrogen) atoms. The van der Waals surface area contributed by atoms with Gasteiger partial charge in [0.1, 0.15) is 5.75 Å². The average molecular weight is 345 g/mol. The lowest BCUT2D eigenvalue weighted by Gasteiger charge is -2.10. The van der Waals surface area contributed by atoms with E-state index in [0.29, 0.717) is 29.0 Å². The number of hydrogen-bond donors (Lipinski definition) is 2. The molecule has 8 heteroatoms. The number of halogens is 1. The van der Waals surface area contributed by atoms with Crippen molar-refractivity contribution in [3.63, 3.8) is 0 Å². The van der Waals surface area contributed by atoms with Gasteiger partial charge in [-0.3, -0.25) is 4.68 Å². The number of aliphatic hydroxyl groups is 1. The molecule has 1 radical (unpaired) electrons. The molecular weight excluding hydrogens is 330 g/mol. The largest absolute Gasteiger partial charge is 0.495 e. The maximum Gasteiger partial charge on any atom is 0.227 e. The molecule has 7 nitrogen and oxygen atoms in total. The van der Waals surface area contributed by atoms with Crippen molar-refractivity contribution in [2.24, 2.45) is 0 Å².